The predicted molar refractivity (Wildman–Crippen MR) is 349 cm³/mol. The first-order valence-corrected chi connectivity index (χ1v) is 29.2. The van der Waals surface area contributed by atoms with Crippen LogP contribution in [0.3, 0.4) is 0 Å². The SMILES string of the molecule is CCC(C#Cc1cc2c(=O)[nH]c(=O)c3cc4c5c6cc7c(=O)[nH]c(=O)c8ccc9c%10c(C(CC)(CC)c%11ccccc%11)cc%11c(=O)[nH]c(=O)c%12cc(c5c5cc%13c(=O)[nH]c(=O)c%14ccc%15c1c(c23)c4c5c%15c%14%13)c(c6c9c87)c%10c%11%12)(CC)c1ccccc1. The molecule has 0 spiro atoms. The van der Waals surface area contributed by atoms with Gasteiger partial charge in [0.2, 0.25) is 0 Å². The minimum Gasteiger partial charge on any atom is -0.288 e. The van der Waals surface area contributed by atoms with Crippen LogP contribution in [0.25, 0.3) is 162 Å². The lowest BCUT2D eigenvalue weighted by atomic mass is 9.67. The number of benzene rings is 14. The monoisotopic (exact) mass is 1120 g/mol. The van der Waals surface area contributed by atoms with Crippen LogP contribution in [0.4, 0.5) is 0 Å². The number of pyridine rings is 4. The van der Waals surface area contributed by atoms with Crippen molar-refractivity contribution in [3.63, 3.8) is 0 Å². The van der Waals surface area contributed by atoms with Gasteiger partial charge in [-0.15, -0.1) is 0 Å². The third kappa shape index (κ3) is 5.49. The molecule has 0 saturated heterocycles. The van der Waals surface area contributed by atoms with Crippen molar-refractivity contribution >= 4 is 162 Å². The van der Waals surface area contributed by atoms with Crippen LogP contribution in [0.5, 0.6) is 0 Å². The molecule has 12 nitrogen and oxygen atoms in total. The molecule has 0 atom stereocenters. The van der Waals surface area contributed by atoms with Gasteiger partial charge in [0.25, 0.3) is 44.5 Å². The summed E-state index contributed by atoms with van der Waals surface area (Å²) in [6.07, 6.45) is 2.56. The highest BCUT2D eigenvalue weighted by atomic mass is 16.2. The number of hydrogen-bond donors (Lipinski definition) is 4. The first kappa shape index (κ1) is 48.6. The van der Waals surface area contributed by atoms with Crippen molar-refractivity contribution < 1.29 is 0 Å². The molecule has 18 rings (SSSR count). The van der Waals surface area contributed by atoms with Gasteiger partial charge in [-0.25, -0.2) is 0 Å². The molecular formula is C74H44N4O8. The average molecular weight is 1120 g/mol. The molecule has 0 aliphatic rings. The largest absolute Gasteiger partial charge is 0.288 e. The van der Waals surface area contributed by atoms with Crippen molar-refractivity contribution in [1.82, 2.24) is 19.9 Å². The lowest BCUT2D eigenvalue weighted by Gasteiger charge is -2.36. The fourth-order valence-electron chi connectivity index (χ4n) is 16.7. The van der Waals surface area contributed by atoms with Crippen LogP contribution < -0.4 is 44.5 Å². The van der Waals surface area contributed by atoms with E-state index >= 15 is 0 Å². The van der Waals surface area contributed by atoms with Crippen LogP contribution in [0.2, 0.25) is 0 Å². The molecule has 0 saturated carbocycles. The van der Waals surface area contributed by atoms with Gasteiger partial charge in [0.15, 0.2) is 0 Å². The zero-order valence-electron chi connectivity index (χ0n) is 46.6. The maximum atomic E-state index is 15.0. The van der Waals surface area contributed by atoms with E-state index in [1.807, 2.05) is 78.9 Å². The highest BCUT2D eigenvalue weighted by molar-refractivity contribution is 6.57. The molecule has 0 aliphatic carbocycles. The van der Waals surface area contributed by atoms with E-state index in [1.54, 1.807) is 18.2 Å². The molecule has 0 radical (unpaired) electrons. The summed E-state index contributed by atoms with van der Waals surface area (Å²) in [5.41, 5.74) is -2.61. The molecule has 18 aromatic rings. The van der Waals surface area contributed by atoms with Crippen LogP contribution in [0, 0.1) is 11.8 Å². The van der Waals surface area contributed by atoms with Crippen LogP contribution in [0.1, 0.15) is 75.6 Å². The van der Waals surface area contributed by atoms with Crippen molar-refractivity contribution in [3.8, 4) is 11.8 Å². The van der Waals surface area contributed by atoms with Gasteiger partial charge in [0, 0.05) is 86.4 Å². The summed E-state index contributed by atoms with van der Waals surface area (Å²) in [6.45, 7) is 8.47. The second-order valence-electron chi connectivity index (χ2n) is 23.8. The van der Waals surface area contributed by atoms with Gasteiger partial charge < -0.3 is 0 Å². The Hall–Kier alpha value is -10.9. The molecular weight excluding hydrogens is 1070 g/mol. The van der Waals surface area contributed by atoms with E-state index in [9.17, 15) is 38.4 Å². The van der Waals surface area contributed by atoms with Crippen LogP contribution in [-0.2, 0) is 10.8 Å². The number of rotatable bonds is 7. The minimum absolute atomic E-state index is 0.223. The van der Waals surface area contributed by atoms with E-state index in [1.165, 1.54) is 0 Å². The average Bonchev–Trinajstić information content (AvgIpc) is 0.657. The molecule has 14 aromatic carbocycles. The topological polar surface area (TPSA) is 200 Å². The van der Waals surface area contributed by atoms with Gasteiger partial charge in [-0.2, -0.15) is 0 Å². The smallest absolute Gasteiger partial charge is 0.258 e. The molecule has 4 N–H and O–H groups in total. The summed E-state index contributed by atoms with van der Waals surface area (Å²) in [7, 11) is 0. The zero-order chi connectivity index (χ0) is 58.5. The second-order valence-corrected chi connectivity index (χ2v) is 23.8. The first-order chi connectivity index (χ1) is 41.8. The van der Waals surface area contributed by atoms with Gasteiger partial charge in [-0.1, -0.05) is 112 Å². The van der Waals surface area contributed by atoms with E-state index < -0.39 is 55.3 Å². The Labute approximate surface area is 481 Å². The highest BCUT2D eigenvalue weighted by Gasteiger charge is 2.38. The lowest BCUT2D eigenvalue weighted by molar-refractivity contribution is 0.483. The van der Waals surface area contributed by atoms with Crippen LogP contribution >= 0.6 is 0 Å². The molecule has 0 bridgehead atoms. The second kappa shape index (κ2) is 16.0. The van der Waals surface area contributed by atoms with Crippen molar-refractivity contribution in [2.75, 3.05) is 0 Å². The Bertz CT molecular complexity index is 6690. The van der Waals surface area contributed by atoms with Crippen molar-refractivity contribution in [2.24, 2.45) is 0 Å². The Morgan fingerprint density at radius 2 is 0.616 bits per heavy atom. The van der Waals surface area contributed by atoms with Crippen molar-refractivity contribution in [2.45, 2.75) is 64.2 Å². The third-order valence-corrected chi connectivity index (χ3v) is 20.6. The van der Waals surface area contributed by atoms with Crippen molar-refractivity contribution in [1.29, 1.82) is 0 Å². The molecule has 86 heavy (non-hydrogen) atoms. The number of hydrogen-bond acceptors (Lipinski definition) is 8. The third-order valence-electron chi connectivity index (χ3n) is 20.6. The number of fused-ring (bicyclic) bond motifs is 7. The van der Waals surface area contributed by atoms with E-state index in [0.717, 1.165) is 22.1 Å². The summed E-state index contributed by atoms with van der Waals surface area (Å²) in [5.74, 6) is 7.34. The van der Waals surface area contributed by atoms with Gasteiger partial charge in [-0.05, 0) is 177 Å². The molecule has 0 aliphatic heterocycles. The normalized spacial score (nSPS) is 13.1. The molecule has 408 valence electrons. The number of aromatic nitrogens is 4. The summed E-state index contributed by atoms with van der Waals surface area (Å²) in [6, 6.07) is 38.6. The summed E-state index contributed by atoms with van der Waals surface area (Å²) in [5, 5.41) is 15.2. The van der Waals surface area contributed by atoms with Gasteiger partial charge >= 0.3 is 0 Å². The minimum atomic E-state index is -0.716. The molecule has 4 heterocycles. The summed E-state index contributed by atoms with van der Waals surface area (Å²) in [4.78, 5) is 128. The van der Waals surface area contributed by atoms with Crippen LogP contribution in [-0.4, -0.2) is 19.9 Å². The maximum absolute atomic E-state index is 15.0. The Kier molecular flexibility index (Phi) is 9.07. The number of aromatic amines is 4. The fraction of sp³-hybridized carbons (Fsp3) is 0.135. The van der Waals surface area contributed by atoms with Gasteiger partial charge in [-0.3, -0.25) is 58.3 Å². The molecule has 4 aromatic heterocycles. The standard InChI is InChI=1S/C74H44N4O8/c1-5-73(6-2,32-15-11-9-12-16-32)24-23-31-25-42-54-45(70(84)77-67(42)81)28-40-52-39-27-44-51-37(66(80)76-69(44)83)22-20-35-56-48(74(7-3,8-4)33-17-13-10-14-18-33)30-47-55-46(71(85)78-72(47)86)29-41(62(64(55)56)60(39)58(35)51)53(52)38-26-43-50-36(65(79)75-68(43)82)21-19-34-49(31)63(54)61(40)59(38)57(34)50/h9-22,25-30H,5-8H2,1-4H3,(H,75,79,82)(H,76,80,83)(H,77,81,84)(H,78,85,86). The lowest BCUT2D eigenvalue weighted by Crippen LogP contribution is -2.28. The van der Waals surface area contributed by atoms with Crippen LogP contribution in [0.15, 0.2) is 160 Å². The summed E-state index contributed by atoms with van der Waals surface area (Å²) >= 11 is 0. The Balaban J connectivity index is 1.20. The molecule has 12 heteroatoms. The Morgan fingerprint density at radius 3 is 1.05 bits per heavy atom. The molecule has 0 fully saturated rings. The maximum Gasteiger partial charge on any atom is 0.258 e. The number of H-pyrrole nitrogens is 4. The van der Waals surface area contributed by atoms with Gasteiger partial charge in [0.1, 0.15) is 0 Å². The summed E-state index contributed by atoms with van der Waals surface area (Å²) < 4.78 is 0. The van der Waals surface area contributed by atoms with Crippen molar-refractivity contribution in [3.05, 3.63) is 226 Å². The predicted octanol–water partition coefficient (Wildman–Crippen LogP) is 12.9. The fourth-order valence-corrected chi connectivity index (χ4v) is 16.7. The number of nitrogens with one attached hydrogen (secondary N) is 4. The first-order valence-electron chi connectivity index (χ1n) is 29.2. The van der Waals surface area contributed by atoms with E-state index in [0.29, 0.717) is 155 Å². The zero-order valence-corrected chi connectivity index (χ0v) is 46.6. The highest BCUT2D eigenvalue weighted by Crippen LogP contribution is 2.59. The molecule has 0 unspecified atom stereocenters. The van der Waals surface area contributed by atoms with E-state index in [2.05, 4.69) is 83.7 Å². The Morgan fingerprint density at radius 1 is 0.291 bits per heavy atom. The quantitative estimate of drug-likeness (QED) is 0.0686. The van der Waals surface area contributed by atoms with Gasteiger partial charge in [0.05, 0.1) is 5.41 Å². The van der Waals surface area contributed by atoms with E-state index in [-0.39, 0.29) is 32.3 Å². The molecule has 0 amide bonds. The van der Waals surface area contributed by atoms with E-state index in [4.69, 9.17) is 0 Å².